The number of hydrogen-bond donors (Lipinski definition) is 1. The fraction of sp³-hybridized carbons (Fsp3) is 0.727. The van der Waals surface area contributed by atoms with Crippen LogP contribution in [0.2, 0.25) is 0 Å². The van der Waals surface area contributed by atoms with Crippen LogP contribution in [-0.2, 0) is 12.1 Å². The van der Waals surface area contributed by atoms with Crippen LogP contribution in [-0.4, -0.2) is 14.9 Å². The first-order valence-electron chi connectivity index (χ1n) is 5.05. The molecule has 14 heavy (non-hydrogen) atoms. The Labute approximate surface area is 85.8 Å². The summed E-state index contributed by atoms with van der Waals surface area (Å²) >= 11 is 0. The Morgan fingerprint density at radius 3 is 2.36 bits per heavy atom. The molecule has 1 aromatic rings. The normalized spacial score (nSPS) is 16.7. The zero-order chi connectivity index (χ0) is 11.0. The van der Waals surface area contributed by atoms with Crippen LogP contribution in [0.4, 0.5) is 0 Å². The van der Waals surface area contributed by atoms with Crippen LogP contribution in [0.15, 0.2) is 12.3 Å². The third-order valence-electron chi connectivity index (χ3n) is 2.98. The molecule has 0 aromatic carbocycles. The second-order valence-corrected chi connectivity index (χ2v) is 4.85. The highest BCUT2D eigenvalue weighted by Crippen LogP contribution is 2.38. The van der Waals surface area contributed by atoms with Gasteiger partial charge >= 0.3 is 0 Å². The molecule has 0 saturated carbocycles. The first-order valence-corrected chi connectivity index (χ1v) is 5.05. The fourth-order valence-electron chi connectivity index (χ4n) is 1.38. The third-order valence-corrected chi connectivity index (χ3v) is 2.98. The number of nitrogens with zero attached hydrogens (tertiary/aromatic N) is 2. The van der Waals surface area contributed by atoms with Crippen molar-refractivity contribution in [1.29, 1.82) is 0 Å². The van der Waals surface area contributed by atoms with E-state index in [1.54, 1.807) is 6.20 Å². The first-order chi connectivity index (χ1) is 6.30. The highest BCUT2D eigenvalue weighted by molar-refractivity contribution is 5.14. The van der Waals surface area contributed by atoms with Crippen molar-refractivity contribution in [2.45, 2.75) is 46.8 Å². The lowest BCUT2D eigenvalue weighted by Crippen LogP contribution is -2.38. The summed E-state index contributed by atoms with van der Waals surface area (Å²) in [6, 6.07) is 1.88. The summed E-state index contributed by atoms with van der Waals surface area (Å²) in [6.45, 7) is 10.7. The van der Waals surface area contributed by atoms with Gasteiger partial charge in [-0.2, -0.15) is 5.10 Å². The van der Waals surface area contributed by atoms with Gasteiger partial charge < -0.3 is 5.11 Å². The second kappa shape index (κ2) is 3.39. The Balaban J connectivity index is 3.16. The predicted octanol–water partition coefficient (Wildman–Crippen LogP) is 2.16. The highest BCUT2D eigenvalue weighted by Gasteiger charge is 2.39. The minimum Gasteiger partial charge on any atom is -0.383 e. The van der Waals surface area contributed by atoms with Crippen LogP contribution in [0.1, 0.15) is 40.3 Å². The van der Waals surface area contributed by atoms with Gasteiger partial charge in [0, 0.05) is 12.7 Å². The van der Waals surface area contributed by atoms with E-state index in [4.69, 9.17) is 0 Å². The van der Waals surface area contributed by atoms with Crippen molar-refractivity contribution >= 4 is 0 Å². The molecule has 0 amide bonds. The molecule has 0 aliphatic rings. The molecule has 1 N–H and O–H groups in total. The van der Waals surface area contributed by atoms with Crippen LogP contribution in [0, 0.1) is 5.41 Å². The average molecular weight is 196 g/mol. The Hall–Kier alpha value is -0.830. The summed E-state index contributed by atoms with van der Waals surface area (Å²) in [5.74, 6) is 0. The molecule has 0 spiro atoms. The van der Waals surface area contributed by atoms with Crippen molar-refractivity contribution < 1.29 is 5.11 Å². The lowest BCUT2D eigenvalue weighted by Gasteiger charge is -2.37. The zero-order valence-corrected chi connectivity index (χ0v) is 9.70. The van der Waals surface area contributed by atoms with E-state index in [0.29, 0.717) is 0 Å². The molecule has 0 aliphatic carbocycles. The van der Waals surface area contributed by atoms with E-state index in [9.17, 15) is 5.11 Å². The molecule has 0 fully saturated rings. The number of rotatable bonds is 2. The van der Waals surface area contributed by atoms with E-state index in [1.165, 1.54) is 0 Å². The van der Waals surface area contributed by atoms with Crippen molar-refractivity contribution in [2.24, 2.45) is 5.41 Å². The molecule has 0 aliphatic heterocycles. The van der Waals surface area contributed by atoms with Crippen molar-refractivity contribution in [3.63, 3.8) is 0 Å². The van der Waals surface area contributed by atoms with Gasteiger partial charge in [-0.1, -0.05) is 20.8 Å². The summed E-state index contributed by atoms with van der Waals surface area (Å²) in [5, 5.41) is 14.6. The molecule has 80 valence electrons. The first kappa shape index (κ1) is 11.2. The van der Waals surface area contributed by atoms with Gasteiger partial charge in [0.05, 0.1) is 5.69 Å². The van der Waals surface area contributed by atoms with Crippen molar-refractivity contribution in [1.82, 2.24) is 9.78 Å². The molecular formula is C11H20N2O. The van der Waals surface area contributed by atoms with Gasteiger partial charge in [0.1, 0.15) is 5.60 Å². The van der Waals surface area contributed by atoms with E-state index < -0.39 is 5.60 Å². The van der Waals surface area contributed by atoms with E-state index in [0.717, 1.165) is 12.2 Å². The highest BCUT2D eigenvalue weighted by atomic mass is 16.3. The maximum absolute atomic E-state index is 10.5. The van der Waals surface area contributed by atoms with Gasteiger partial charge in [0.2, 0.25) is 0 Å². The minimum absolute atomic E-state index is 0.194. The summed E-state index contributed by atoms with van der Waals surface area (Å²) in [6.07, 6.45) is 1.74. The lowest BCUT2D eigenvalue weighted by molar-refractivity contribution is -0.0540. The van der Waals surface area contributed by atoms with Crippen LogP contribution < -0.4 is 0 Å². The SMILES string of the molecule is CCn1nccc1C(C)(O)C(C)(C)C. The van der Waals surface area contributed by atoms with E-state index in [1.807, 2.05) is 45.4 Å². The maximum atomic E-state index is 10.5. The zero-order valence-electron chi connectivity index (χ0n) is 9.70. The molecule has 1 aromatic heterocycles. The predicted molar refractivity (Wildman–Crippen MR) is 56.9 cm³/mol. The summed E-state index contributed by atoms with van der Waals surface area (Å²) in [7, 11) is 0. The Bertz CT molecular complexity index is 307. The van der Waals surface area contributed by atoms with Crippen molar-refractivity contribution in [3.8, 4) is 0 Å². The van der Waals surface area contributed by atoms with Gasteiger partial charge in [0.25, 0.3) is 0 Å². The maximum Gasteiger partial charge on any atom is 0.108 e. The average Bonchev–Trinajstić information content (AvgIpc) is 2.49. The Morgan fingerprint density at radius 2 is 1.93 bits per heavy atom. The van der Waals surface area contributed by atoms with E-state index in [-0.39, 0.29) is 5.41 Å². The lowest BCUT2D eigenvalue weighted by atomic mass is 9.76. The molecule has 1 unspecified atom stereocenters. The topological polar surface area (TPSA) is 38.0 Å². The minimum atomic E-state index is -0.848. The smallest absolute Gasteiger partial charge is 0.108 e. The van der Waals surface area contributed by atoms with Crippen LogP contribution in [0.5, 0.6) is 0 Å². The van der Waals surface area contributed by atoms with Crippen LogP contribution in [0.3, 0.4) is 0 Å². The van der Waals surface area contributed by atoms with Crippen molar-refractivity contribution in [2.75, 3.05) is 0 Å². The largest absolute Gasteiger partial charge is 0.383 e. The number of aromatic nitrogens is 2. The molecular weight excluding hydrogens is 176 g/mol. The number of aliphatic hydroxyl groups is 1. The second-order valence-electron chi connectivity index (χ2n) is 4.85. The van der Waals surface area contributed by atoms with E-state index in [2.05, 4.69) is 5.10 Å². The Kier molecular flexibility index (Phi) is 2.72. The van der Waals surface area contributed by atoms with Crippen LogP contribution in [0.25, 0.3) is 0 Å². The summed E-state index contributed by atoms with van der Waals surface area (Å²) < 4.78 is 1.84. The van der Waals surface area contributed by atoms with Gasteiger partial charge in [0.15, 0.2) is 0 Å². The van der Waals surface area contributed by atoms with Gasteiger partial charge in [-0.05, 0) is 25.3 Å². The molecule has 0 bridgehead atoms. The van der Waals surface area contributed by atoms with Gasteiger partial charge in [-0.15, -0.1) is 0 Å². The summed E-state index contributed by atoms with van der Waals surface area (Å²) in [4.78, 5) is 0. The van der Waals surface area contributed by atoms with E-state index >= 15 is 0 Å². The molecule has 1 atom stereocenters. The monoisotopic (exact) mass is 196 g/mol. The quantitative estimate of drug-likeness (QED) is 0.787. The molecule has 0 radical (unpaired) electrons. The summed E-state index contributed by atoms with van der Waals surface area (Å²) in [5.41, 5.74) is -0.160. The third kappa shape index (κ3) is 1.69. The van der Waals surface area contributed by atoms with Crippen molar-refractivity contribution in [3.05, 3.63) is 18.0 Å². The molecule has 1 heterocycles. The fourth-order valence-corrected chi connectivity index (χ4v) is 1.38. The standard InChI is InChI=1S/C11H20N2O/c1-6-13-9(7-8-12-13)11(5,14)10(2,3)4/h7-8,14H,6H2,1-5H3. The van der Waals surface area contributed by atoms with Gasteiger partial charge in [-0.25, -0.2) is 0 Å². The Morgan fingerprint density at radius 1 is 1.36 bits per heavy atom. The number of aryl methyl sites for hydroxylation is 1. The number of hydrogen-bond acceptors (Lipinski definition) is 2. The van der Waals surface area contributed by atoms with Gasteiger partial charge in [-0.3, -0.25) is 4.68 Å². The molecule has 1 rings (SSSR count). The molecule has 0 saturated heterocycles. The molecule has 3 heteroatoms. The molecule has 3 nitrogen and oxygen atoms in total. The van der Waals surface area contributed by atoms with Crippen LogP contribution >= 0.6 is 0 Å².